The zero-order chi connectivity index (χ0) is 11.7. The van der Waals surface area contributed by atoms with Crippen molar-refractivity contribution in [3.05, 3.63) is 30.5 Å². The first-order valence-electron chi connectivity index (χ1n) is 5.70. The third kappa shape index (κ3) is 2.07. The fraction of sp³-hybridized carbons (Fsp3) is 0.333. The molecule has 3 N–H and O–H groups in total. The van der Waals surface area contributed by atoms with Crippen LogP contribution in [0.1, 0.15) is 0 Å². The van der Waals surface area contributed by atoms with Crippen molar-refractivity contribution >= 4 is 16.9 Å². The maximum absolute atomic E-state index is 9.69. The van der Waals surface area contributed by atoms with Gasteiger partial charge in [-0.25, -0.2) is 4.98 Å². The van der Waals surface area contributed by atoms with Crippen molar-refractivity contribution in [1.29, 1.82) is 0 Å². The van der Waals surface area contributed by atoms with Gasteiger partial charge in [0.1, 0.15) is 5.82 Å². The van der Waals surface area contributed by atoms with Gasteiger partial charge in [0.05, 0.1) is 29.4 Å². The normalized spacial score (nSPS) is 24.1. The summed E-state index contributed by atoms with van der Waals surface area (Å²) in [6, 6.07) is 7.74. The standard InChI is InChI=1S/C12H14N4O/c17-11-6-13-5-10(11)16-12-7-14-8-3-1-2-4-9(8)15-12/h1-4,7,10-11,13,17H,5-6H2,(H,15,16)/t10-,11-/m1/s1. The first kappa shape index (κ1) is 10.4. The average molecular weight is 230 g/mol. The third-order valence-corrected chi connectivity index (χ3v) is 2.96. The van der Waals surface area contributed by atoms with Crippen molar-refractivity contribution < 1.29 is 5.11 Å². The van der Waals surface area contributed by atoms with E-state index in [0.717, 1.165) is 17.6 Å². The first-order chi connectivity index (χ1) is 8.33. The number of aliphatic hydroxyl groups excluding tert-OH is 1. The predicted octanol–water partition coefficient (Wildman–Crippen LogP) is 0.374. The van der Waals surface area contributed by atoms with Gasteiger partial charge < -0.3 is 15.7 Å². The Balaban J connectivity index is 1.85. The summed E-state index contributed by atoms with van der Waals surface area (Å²) in [4.78, 5) is 8.78. The molecule has 88 valence electrons. The Kier molecular flexibility index (Phi) is 2.62. The number of hydrogen-bond donors (Lipinski definition) is 3. The van der Waals surface area contributed by atoms with Gasteiger partial charge in [0.25, 0.3) is 0 Å². The van der Waals surface area contributed by atoms with E-state index in [2.05, 4.69) is 20.6 Å². The second kappa shape index (κ2) is 4.27. The molecule has 0 saturated carbocycles. The molecule has 1 fully saturated rings. The van der Waals surface area contributed by atoms with E-state index < -0.39 is 0 Å². The number of nitrogens with one attached hydrogen (secondary N) is 2. The third-order valence-electron chi connectivity index (χ3n) is 2.96. The molecule has 3 rings (SSSR count). The smallest absolute Gasteiger partial charge is 0.145 e. The van der Waals surface area contributed by atoms with Crippen molar-refractivity contribution in [1.82, 2.24) is 15.3 Å². The van der Waals surface area contributed by atoms with E-state index in [4.69, 9.17) is 0 Å². The molecular weight excluding hydrogens is 216 g/mol. The Morgan fingerprint density at radius 2 is 2.06 bits per heavy atom. The fourth-order valence-electron chi connectivity index (χ4n) is 2.03. The van der Waals surface area contributed by atoms with Crippen LogP contribution in [0.2, 0.25) is 0 Å². The lowest BCUT2D eigenvalue weighted by atomic mass is 10.2. The van der Waals surface area contributed by atoms with Crippen LogP contribution in [-0.2, 0) is 0 Å². The lowest BCUT2D eigenvalue weighted by Crippen LogP contribution is -2.32. The average Bonchev–Trinajstić information content (AvgIpc) is 2.75. The van der Waals surface area contributed by atoms with Crippen molar-refractivity contribution in [2.75, 3.05) is 18.4 Å². The van der Waals surface area contributed by atoms with Crippen molar-refractivity contribution in [2.24, 2.45) is 0 Å². The highest BCUT2D eigenvalue weighted by Gasteiger charge is 2.24. The highest BCUT2D eigenvalue weighted by Crippen LogP contribution is 2.13. The van der Waals surface area contributed by atoms with E-state index in [1.54, 1.807) is 6.20 Å². The van der Waals surface area contributed by atoms with Crippen LogP contribution >= 0.6 is 0 Å². The summed E-state index contributed by atoms with van der Waals surface area (Å²) in [5, 5.41) is 16.0. The maximum atomic E-state index is 9.69. The van der Waals surface area contributed by atoms with Crippen LogP contribution in [-0.4, -0.2) is 40.3 Å². The molecule has 0 bridgehead atoms. The number of β-amino-alcohol motifs (C(OH)–C–C–N with tert-alkyl or cyclic N) is 1. The summed E-state index contributed by atoms with van der Waals surface area (Å²) in [6.07, 6.45) is 1.33. The van der Waals surface area contributed by atoms with E-state index in [1.165, 1.54) is 0 Å². The minimum Gasteiger partial charge on any atom is -0.390 e. The summed E-state index contributed by atoms with van der Waals surface area (Å²) in [5.74, 6) is 0.705. The Hall–Kier alpha value is -1.72. The number of hydrogen-bond acceptors (Lipinski definition) is 5. The SMILES string of the molecule is O[C@@H]1CNC[C@H]1Nc1cnc2ccccc2n1. The molecular formula is C12H14N4O. The zero-order valence-electron chi connectivity index (χ0n) is 9.30. The molecule has 0 unspecified atom stereocenters. The Labute approximate surface area is 98.9 Å². The molecule has 1 aromatic heterocycles. The summed E-state index contributed by atoms with van der Waals surface area (Å²) in [7, 11) is 0. The van der Waals surface area contributed by atoms with Crippen LogP contribution < -0.4 is 10.6 Å². The molecule has 2 heterocycles. The van der Waals surface area contributed by atoms with Gasteiger partial charge in [0.2, 0.25) is 0 Å². The maximum Gasteiger partial charge on any atom is 0.145 e. The number of benzene rings is 1. The number of aromatic nitrogens is 2. The molecule has 2 aromatic rings. The Morgan fingerprint density at radius 1 is 1.24 bits per heavy atom. The molecule has 1 aliphatic heterocycles. The van der Waals surface area contributed by atoms with Crippen LogP contribution in [0.4, 0.5) is 5.82 Å². The van der Waals surface area contributed by atoms with E-state index in [-0.39, 0.29) is 12.1 Å². The summed E-state index contributed by atoms with van der Waals surface area (Å²) in [5.41, 5.74) is 1.74. The predicted molar refractivity (Wildman–Crippen MR) is 65.8 cm³/mol. The minimum absolute atomic E-state index is 0.00506. The van der Waals surface area contributed by atoms with Crippen LogP contribution in [0, 0.1) is 0 Å². The molecule has 1 aromatic carbocycles. The molecule has 2 atom stereocenters. The van der Waals surface area contributed by atoms with E-state index in [0.29, 0.717) is 12.4 Å². The molecule has 0 radical (unpaired) electrons. The largest absolute Gasteiger partial charge is 0.390 e. The molecule has 5 nitrogen and oxygen atoms in total. The number of rotatable bonds is 2. The van der Waals surface area contributed by atoms with Gasteiger partial charge in [-0.1, -0.05) is 12.1 Å². The number of para-hydroxylation sites is 2. The van der Waals surface area contributed by atoms with E-state index >= 15 is 0 Å². The molecule has 0 amide bonds. The van der Waals surface area contributed by atoms with Crippen molar-refractivity contribution in [3.8, 4) is 0 Å². The summed E-state index contributed by atoms with van der Waals surface area (Å²) in [6.45, 7) is 1.37. The van der Waals surface area contributed by atoms with Crippen LogP contribution in [0.25, 0.3) is 11.0 Å². The second-order valence-electron chi connectivity index (χ2n) is 4.22. The molecule has 1 saturated heterocycles. The summed E-state index contributed by atoms with van der Waals surface area (Å²) < 4.78 is 0. The van der Waals surface area contributed by atoms with Gasteiger partial charge in [-0.3, -0.25) is 4.98 Å². The Bertz CT molecular complexity index is 531. The van der Waals surface area contributed by atoms with E-state index in [9.17, 15) is 5.11 Å². The van der Waals surface area contributed by atoms with Crippen LogP contribution in [0.3, 0.4) is 0 Å². The van der Waals surface area contributed by atoms with Crippen molar-refractivity contribution in [3.63, 3.8) is 0 Å². The summed E-state index contributed by atoms with van der Waals surface area (Å²) >= 11 is 0. The highest BCUT2D eigenvalue weighted by molar-refractivity contribution is 5.75. The molecule has 17 heavy (non-hydrogen) atoms. The molecule has 1 aliphatic rings. The topological polar surface area (TPSA) is 70.1 Å². The molecule has 0 aliphatic carbocycles. The van der Waals surface area contributed by atoms with Crippen LogP contribution in [0.5, 0.6) is 0 Å². The quantitative estimate of drug-likeness (QED) is 0.695. The fourth-order valence-corrected chi connectivity index (χ4v) is 2.03. The van der Waals surface area contributed by atoms with Gasteiger partial charge in [0, 0.05) is 13.1 Å². The van der Waals surface area contributed by atoms with Gasteiger partial charge in [-0.05, 0) is 12.1 Å². The van der Waals surface area contributed by atoms with Gasteiger partial charge in [-0.15, -0.1) is 0 Å². The number of aliphatic hydroxyl groups is 1. The van der Waals surface area contributed by atoms with Gasteiger partial charge >= 0.3 is 0 Å². The molecule has 0 spiro atoms. The monoisotopic (exact) mass is 230 g/mol. The van der Waals surface area contributed by atoms with Crippen molar-refractivity contribution in [2.45, 2.75) is 12.1 Å². The van der Waals surface area contributed by atoms with Gasteiger partial charge in [0.15, 0.2) is 0 Å². The number of nitrogens with zero attached hydrogens (tertiary/aromatic N) is 2. The van der Waals surface area contributed by atoms with Crippen LogP contribution in [0.15, 0.2) is 30.5 Å². The van der Waals surface area contributed by atoms with Gasteiger partial charge in [-0.2, -0.15) is 0 Å². The number of anilines is 1. The lowest BCUT2D eigenvalue weighted by molar-refractivity contribution is 0.185. The lowest BCUT2D eigenvalue weighted by Gasteiger charge is -2.15. The Morgan fingerprint density at radius 3 is 2.82 bits per heavy atom. The highest BCUT2D eigenvalue weighted by atomic mass is 16.3. The minimum atomic E-state index is -0.372. The first-order valence-corrected chi connectivity index (χ1v) is 5.70. The second-order valence-corrected chi connectivity index (χ2v) is 4.22. The van der Waals surface area contributed by atoms with E-state index in [1.807, 2.05) is 24.3 Å². The zero-order valence-corrected chi connectivity index (χ0v) is 9.30. The molecule has 5 heteroatoms. The number of fused-ring (bicyclic) bond motifs is 1.